The first-order valence-electron chi connectivity index (χ1n) is 7.46. The lowest BCUT2D eigenvalue weighted by atomic mass is 9.83. The van der Waals surface area contributed by atoms with Crippen LogP contribution < -0.4 is 5.32 Å². The van der Waals surface area contributed by atoms with Crippen molar-refractivity contribution < 1.29 is 4.52 Å². The van der Waals surface area contributed by atoms with Crippen molar-refractivity contribution >= 4 is 0 Å². The normalized spacial score (nSPS) is 19.7. The molecule has 1 N–H and O–H groups in total. The summed E-state index contributed by atoms with van der Waals surface area (Å²) in [6.45, 7) is 11.9. The predicted octanol–water partition coefficient (Wildman–Crippen LogP) is 2.80. The van der Waals surface area contributed by atoms with Crippen molar-refractivity contribution in [2.45, 2.75) is 53.1 Å². The van der Waals surface area contributed by atoms with Crippen LogP contribution >= 0.6 is 0 Å². The second kappa shape index (κ2) is 6.53. The van der Waals surface area contributed by atoms with E-state index < -0.39 is 0 Å². The second-order valence-electron chi connectivity index (χ2n) is 6.40. The Labute approximate surface area is 116 Å². The molecule has 4 nitrogen and oxygen atoms in total. The third kappa shape index (κ3) is 4.62. The Hall–Kier alpha value is -0.870. The number of aromatic nitrogens is 1. The highest BCUT2D eigenvalue weighted by Gasteiger charge is 2.25. The molecule has 2 rings (SSSR count). The van der Waals surface area contributed by atoms with E-state index in [-0.39, 0.29) is 0 Å². The molecule has 1 aliphatic rings. The van der Waals surface area contributed by atoms with Crippen LogP contribution in [0.5, 0.6) is 0 Å². The van der Waals surface area contributed by atoms with E-state index in [0.29, 0.717) is 5.41 Å². The Morgan fingerprint density at radius 2 is 2.11 bits per heavy atom. The summed E-state index contributed by atoms with van der Waals surface area (Å²) in [6, 6.07) is 2.09. The van der Waals surface area contributed by atoms with E-state index in [0.717, 1.165) is 50.6 Å². The van der Waals surface area contributed by atoms with Gasteiger partial charge >= 0.3 is 0 Å². The Morgan fingerprint density at radius 3 is 2.79 bits per heavy atom. The number of likely N-dealkylation sites (tertiary alicyclic amines) is 1. The van der Waals surface area contributed by atoms with Crippen molar-refractivity contribution in [3.8, 4) is 0 Å². The third-order valence-electron chi connectivity index (χ3n) is 3.93. The summed E-state index contributed by atoms with van der Waals surface area (Å²) < 4.78 is 5.42. The topological polar surface area (TPSA) is 41.3 Å². The summed E-state index contributed by atoms with van der Waals surface area (Å²) in [5.41, 5.74) is 1.52. The van der Waals surface area contributed by atoms with Crippen molar-refractivity contribution in [3.05, 3.63) is 17.5 Å². The number of piperidine rings is 1. The van der Waals surface area contributed by atoms with Crippen LogP contribution in [-0.4, -0.2) is 29.7 Å². The van der Waals surface area contributed by atoms with Crippen LogP contribution in [0, 0.1) is 5.41 Å². The molecule has 1 aliphatic heterocycles. The molecule has 1 saturated heterocycles. The number of nitrogens with one attached hydrogen (secondary N) is 1. The average Bonchev–Trinajstić information content (AvgIpc) is 2.80. The fourth-order valence-corrected chi connectivity index (χ4v) is 2.44. The van der Waals surface area contributed by atoms with Gasteiger partial charge in [0, 0.05) is 12.6 Å². The maximum absolute atomic E-state index is 5.42. The predicted molar refractivity (Wildman–Crippen MR) is 76.8 cm³/mol. The number of hydrogen-bond donors (Lipinski definition) is 1. The molecule has 0 bridgehead atoms. The van der Waals surface area contributed by atoms with Crippen LogP contribution in [0.1, 0.15) is 51.5 Å². The van der Waals surface area contributed by atoms with E-state index in [2.05, 4.69) is 42.2 Å². The molecule has 1 aromatic rings. The lowest BCUT2D eigenvalue weighted by Crippen LogP contribution is -2.36. The van der Waals surface area contributed by atoms with Crippen molar-refractivity contribution in [1.29, 1.82) is 0 Å². The zero-order chi connectivity index (χ0) is 13.7. The molecule has 0 atom stereocenters. The van der Waals surface area contributed by atoms with Gasteiger partial charge in [-0.2, -0.15) is 0 Å². The molecule has 1 fully saturated rings. The Morgan fingerprint density at radius 1 is 1.37 bits per heavy atom. The van der Waals surface area contributed by atoms with E-state index in [1.54, 1.807) is 0 Å². The largest absolute Gasteiger partial charge is 0.360 e. The molecule has 0 aliphatic carbocycles. The van der Waals surface area contributed by atoms with E-state index in [1.165, 1.54) is 12.8 Å². The monoisotopic (exact) mass is 265 g/mol. The molecule has 0 unspecified atom stereocenters. The smallest absolute Gasteiger partial charge is 0.151 e. The van der Waals surface area contributed by atoms with Crippen LogP contribution in [-0.2, 0) is 13.1 Å². The van der Waals surface area contributed by atoms with Crippen molar-refractivity contribution in [2.24, 2.45) is 5.41 Å². The minimum absolute atomic E-state index is 0.507. The summed E-state index contributed by atoms with van der Waals surface area (Å²) in [6.07, 6.45) is 3.69. The standard InChI is InChI=1S/C15H27N3O/c1-4-7-16-11-13-10-14(19-17-13)12-18-8-5-15(2,3)6-9-18/h10,16H,4-9,11-12H2,1-3H3. The maximum Gasteiger partial charge on any atom is 0.151 e. The Kier molecular flexibility index (Phi) is 4.99. The van der Waals surface area contributed by atoms with Gasteiger partial charge in [0.1, 0.15) is 0 Å². The second-order valence-corrected chi connectivity index (χ2v) is 6.40. The van der Waals surface area contributed by atoms with Gasteiger partial charge in [0.05, 0.1) is 12.2 Å². The van der Waals surface area contributed by atoms with E-state index in [4.69, 9.17) is 4.52 Å². The minimum atomic E-state index is 0.507. The summed E-state index contributed by atoms with van der Waals surface area (Å²) in [5.74, 6) is 0.994. The van der Waals surface area contributed by atoms with Gasteiger partial charge in [-0.25, -0.2) is 0 Å². The maximum atomic E-state index is 5.42. The molecule has 0 saturated carbocycles. The highest BCUT2D eigenvalue weighted by molar-refractivity contribution is 5.05. The van der Waals surface area contributed by atoms with Crippen molar-refractivity contribution in [2.75, 3.05) is 19.6 Å². The lowest BCUT2D eigenvalue weighted by Gasteiger charge is -2.36. The fraction of sp³-hybridized carbons (Fsp3) is 0.800. The quantitative estimate of drug-likeness (QED) is 0.803. The first-order valence-corrected chi connectivity index (χ1v) is 7.46. The highest BCUT2D eigenvalue weighted by Crippen LogP contribution is 2.30. The molecule has 108 valence electrons. The number of rotatable bonds is 6. The highest BCUT2D eigenvalue weighted by atomic mass is 16.5. The Bertz CT molecular complexity index is 376. The van der Waals surface area contributed by atoms with E-state index >= 15 is 0 Å². The zero-order valence-electron chi connectivity index (χ0n) is 12.5. The molecule has 19 heavy (non-hydrogen) atoms. The van der Waals surface area contributed by atoms with Gasteiger partial charge in [0.15, 0.2) is 5.76 Å². The first kappa shape index (κ1) is 14.5. The lowest BCUT2D eigenvalue weighted by molar-refractivity contribution is 0.117. The van der Waals surface area contributed by atoms with Gasteiger partial charge < -0.3 is 9.84 Å². The van der Waals surface area contributed by atoms with Crippen LogP contribution in [0.25, 0.3) is 0 Å². The summed E-state index contributed by atoms with van der Waals surface area (Å²) in [5, 5.41) is 7.46. The Balaban J connectivity index is 1.77. The fourth-order valence-electron chi connectivity index (χ4n) is 2.44. The molecule has 1 aromatic heterocycles. The van der Waals surface area contributed by atoms with E-state index in [9.17, 15) is 0 Å². The zero-order valence-corrected chi connectivity index (χ0v) is 12.5. The summed E-state index contributed by atoms with van der Waals surface area (Å²) in [7, 11) is 0. The number of nitrogens with zero attached hydrogens (tertiary/aromatic N) is 2. The summed E-state index contributed by atoms with van der Waals surface area (Å²) in [4.78, 5) is 2.47. The van der Waals surface area contributed by atoms with Crippen LogP contribution in [0.4, 0.5) is 0 Å². The number of hydrogen-bond acceptors (Lipinski definition) is 4. The molecule has 0 aromatic carbocycles. The van der Waals surface area contributed by atoms with Gasteiger partial charge in [-0.1, -0.05) is 25.9 Å². The van der Waals surface area contributed by atoms with Gasteiger partial charge in [0.2, 0.25) is 0 Å². The SMILES string of the molecule is CCCNCc1cc(CN2CCC(C)(C)CC2)on1. The van der Waals surface area contributed by atoms with Crippen molar-refractivity contribution in [1.82, 2.24) is 15.4 Å². The van der Waals surface area contributed by atoms with Gasteiger partial charge in [0.25, 0.3) is 0 Å². The van der Waals surface area contributed by atoms with E-state index in [1.807, 2.05) is 0 Å². The minimum Gasteiger partial charge on any atom is -0.360 e. The van der Waals surface area contributed by atoms with Crippen LogP contribution in [0.15, 0.2) is 10.6 Å². The molecular formula is C15H27N3O. The molecule has 0 amide bonds. The van der Waals surface area contributed by atoms with Crippen LogP contribution in [0.3, 0.4) is 0 Å². The van der Waals surface area contributed by atoms with Gasteiger partial charge in [-0.3, -0.25) is 4.90 Å². The third-order valence-corrected chi connectivity index (χ3v) is 3.93. The molecule has 4 heteroatoms. The molecule has 0 radical (unpaired) electrons. The molecular weight excluding hydrogens is 238 g/mol. The van der Waals surface area contributed by atoms with Gasteiger partial charge in [-0.15, -0.1) is 0 Å². The molecule has 0 spiro atoms. The summed E-state index contributed by atoms with van der Waals surface area (Å²) >= 11 is 0. The average molecular weight is 265 g/mol. The molecule has 2 heterocycles. The van der Waals surface area contributed by atoms with Crippen molar-refractivity contribution in [3.63, 3.8) is 0 Å². The first-order chi connectivity index (χ1) is 9.09. The van der Waals surface area contributed by atoms with Gasteiger partial charge in [-0.05, 0) is 44.3 Å². The van der Waals surface area contributed by atoms with Crippen LogP contribution in [0.2, 0.25) is 0 Å².